The highest BCUT2D eigenvalue weighted by molar-refractivity contribution is 5.76. The molecule has 1 aromatic carbocycles. The molecular weight excluding hydrogens is 307 g/mol. The van der Waals surface area contributed by atoms with E-state index < -0.39 is 0 Å². The van der Waals surface area contributed by atoms with Crippen LogP contribution in [0.1, 0.15) is 24.8 Å². The Hall–Kier alpha value is -2.37. The number of nitrogens with zero attached hydrogens (tertiary/aromatic N) is 3. The van der Waals surface area contributed by atoms with Crippen LogP contribution in [0.2, 0.25) is 0 Å². The van der Waals surface area contributed by atoms with Crippen LogP contribution in [-0.2, 0) is 11.3 Å². The summed E-state index contributed by atoms with van der Waals surface area (Å²) in [4.78, 5) is 14.3. The Balaban J connectivity index is 1.50. The van der Waals surface area contributed by atoms with Crippen molar-refractivity contribution in [2.24, 2.45) is 0 Å². The molecule has 0 unspecified atom stereocenters. The molecule has 1 N–H and O–H groups in total. The van der Waals surface area contributed by atoms with Crippen molar-refractivity contribution in [2.45, 2.75) is 38.8 Å². The quantitative estimate of drug-likeness (QED) is 0.916. The van der Waals surface area contributed by atoms with E-state index in [2.05, 4.69) is 15.3 Å². The fourth-order valence-corrected chi connectivity index (χ4v) is 3.11. The van der Waals surface area contributed by atoms with Gasteiger partial charge >= 0.3 is 0 Å². The number of rotatable bonds is 5. The fraction of sp³-hybridized carbons (Fsp3) is 0.444. The van der Waals surface area contributed by atoms with Gasteiger partial charge in [-0.15, -0.1) is 0 Å². The van der Waals surface area contributed by atoms with Crippen LogP contribution < -0.4 is 10.2 Å². The molecule has 1 saturated heterocycles. The van der Waals surface area contributed by atoms with Crippen molar-refractivity contribution in [3.05, 3.63) is 48.0 Å². The molecule has 0 saturated carbocycles. The fourth-order valence-electron chi connectivity index (χ4n) is 3.11. The van der Waals surface area contributed by atoms with Crippen LogP contribution in [0.15, 0.2) is 36.7 Å². The first-order chi connectivity index (χ1) is 11.6. The average molecular weight is 330 g/mol. The molecule has 1 aliphatic heterocycles. The Labute approximate surface area is 141 Å². The summed E-state index contributed by atoms with van der Waals surface area (Å²) >= 11 is 0. The Bertz CT molecular complexity index is 700. The van der Waals surface area contributed by atoms with Crippen LogP contribution in [0.25, 0.3) is 0 Å². The van der Waals surface area contributed by atoms with Gasteiger partial charge in [-0.3, -0.25) is 9.48 Å². The van der Waals surface area contributed by atoms with Gasteiger partial charge in [-0.2, -0.15) is 5.10 Å². The van der Waals surface area contributed by atoms with Crippen molar-refractivity contribution < 1.29 is 9.18 Å². The van der Waals surface area contributed by atoms with Crippen molar-refractivity contribution in [1.29, 1.82) is 0 Å². The molecule has 128 valence electrons. The summed E-state index contributed by atoms with van der Waals surface area (Å²) in [6, 6.07) is 6.73. The number of aryl methyl sites for hydroxylation is 2. The first kappa shape index (κ1) is 16.5. The van der Waals surface area contributed by atoms with Gasteiger partial charge in [0.2, 0.25) is 5.91 Å². The van der Waals surface area contributed by atoms with Gasteiger partial charge in [0, 0.05) is 44.0 Å². The number of aromatic nitrogens is 2. The summed E-state index contributed by atoms with van der Waals surface area (Å²) in [7, 11) is 0. The molecule has 1 aromatic heterocycles. The molecule has 0 radical (unpaired) electrons. The molecule has 1 aliphatic rings. The molecule has 2 heterocycles. The van der Waals surface area contributed by atoms with E-state index in [-0.39, 0.29) is 17.8 Å². The van der Waals surface area contributed by atoms with E-state index in [4.69, 9.17) is 0 Å². The molecule has 2 aromatic rings. The van der Waals surface area contributed by atoms with Crippen molar-refractivity contribution >= 4 is 11.6 Å². The molecule has 24 heavy (non-hydrogen) atoms. The highest BCUT2D eigenvalue weighted by atomic mass is 19.1. The second-order valence-electron chi connectivity index (χ2n) is 6.36. The zero-order valence-electron chi connectivity index (χ0n) is 13.9. The summed E-state index contributed by atoms with van der Waals surface area (Å²) in [6.45, 7) is 4.17. The van der Waals surface area contributed by atoms with Gasteiger partial charge in [0.15, 0.2) is 0 Å². The monoisotopic (exact) mass is 330 g/mol. The van der Waals surface area contributed by atoms with Crippen LogP contribution >= 0.6 is 0 Å². The predicted octanol–water partition coefficient (Wildman–Crippen LogP) is 2.51. The highest BCUT2D eigenvalue weighted by Gasteiger charge is 2.21. The van der Waals surface area contributed by atoms with Gasteiger partial charge in [-0.1, -0.05) is 6.07 Å². The first-order valence-electron chi connectivity index (χ1n) is 8.39. The number of amides is 1. The van der Waals surface area contributed by atoms with Crippen LogP contribution in [0.4, 0.5) is 10.1 Å². The number of nitrogens with one attached hydrogen (secondary N) is 1. The minimum absolute atomic E-state index is 0.0363. The smallest absolute Gasteiger partial charge is 0.222 e. The third-order valence-corrected chi connectivity index (χ3v) is 4.29. The van der Waals surface area contributed by atoms with Crippen molar-refractivity contribution in [1.82, 2.24) is 15.1 Å². The maximum absolute atomic E-state index is 13.4. The summed E-state index contributed by atoms with van der Waals surface area (Å²) in [5, 5.41) is 7.28. The number of carbonyl (C=O) groups is 1. The molecule has 1 amide bonds. The van der Waals surface area contributed by atoms with Gasteiger partial charge in [0.05, 0.1) is 6.20 Å². The molecule has 0 spiro atoms. The van der Waals surface area contributed by atoms with Gasteiger partial charge in [-0.25, -0.2) is 4.39 Å². The number of hydrogen-bond donors (Lipinski definition) is 1. The molecule has 0 aliphatic carbocycles. The topological polar surface area (TPSA) is 50.2 Å². The molecule has 3 rings (SSSR count). The largest absolute Gasteiger partial charge is 0.369 e. The maximum atomic E-state index is 13.4. The third-order valence-electron chi connectivity index (χ3n) is 4.29. The number of halogens is 1. The molecular formula is C18H23FN4O. The van der Waals surface area contributed by atoms with E-state index in [1.807, 2.05) is 19.2 Å². The molecule has 0 bridgehead atoms. The zero-order chi connectivity index (χ0) is 16.9. The maximum Gasteiger partial charge on any atom is 0.222 e. The minimum atomic E-state index is -0.229. The number of piperidine rings is 1. The van der Waals surface area contributed by atoms with E-state index in [0.29, 0.717) is 13.0 Å². The number of carbonyl (C=O) groups excluding carboxylic acids is 1. The SMILES string of the molecule is Cc1cnn(CCC(=O)N[C@H]2CCCN(c3cccc(F)c3)C2)c1. The summed E-state index contributed by atoms with van der Waals surface area (Å²) < 4.78 is 15.2. The van der Waals surface area contributed by atoms with Crippen LogP contribution in [0.5, 0.6) is 0 Å². The predicted molar refractivity (Wildman–Crippen MR) is 91.4 cm³/mol. The van der Waals surface area contributed by atoms with E-state index in [1.165, 1.54) is 6.07 Å². The van der Waals surface area contributed by atoms with Crippen molar-refractivity contribution in [2.75, 3.05) is 18.0 Å². The minimum Gasteiger partial charge on any atom is -0.369 e. The number of anilines is 1. The van der Waals surface area contributed by atoms with E-state index >= 15 is 0 Å². The Morgan fingerprint density at radius 3 is 3.08 bits per heavy atom. The van der Waals surface area contributed by atoms with E-state index in [9.17, 15) is 9.18 Å². The third kappa shape index (κ3) is 4.34. The highest BCUT2D eigenvalue weighted by Crippen LogP contribution is 2.20. The second-order valence-corrected chi connectivity index (χ2v) is 6.36. The van der Waals surface area contributed by atoms with Gasteiger partial charge in [0.25, 0.3) is 0 Å². The number of hydrogen-bond acceptors (Lipinski definition) is 3. The summed E-state index contributed by atoms with van der Waals surface area (Å²) in [6.07, 6.45) is 6.07. The molecule has 1 fully saturated rings. The molecule has 6 heteroatoms. The normalized spacial score (nSPS) is 17.8. The lowest BCUT2D eigenvalue weighted by molar-refractivity contribution is -0.122. The van der Waals surface area contributed by atoms with E-state index in [1.54, 1.807) is 23.0 Å². The lowest BCUT2D eigenvalue weighted by atomic mass is 10.0. The van der Waals surface area contributed by atoms with Gasteiger partial charge in [-0.05, 0) is 43.5 Å². The molecule has 1 atom stereocenters. The number of benzene rings is 1. The van der Waals surface area contributed by atoms with Crippen LogP contribution in [0, 0.1) is 12.7 Å². The van der Waals surface area contributed by atoms with E-state index in [0.717, 1.165) is 37.2 Å². The van der Waals surface area contributed by atoms with Crippen molar-refractivity contribution in [3.63, 3.8) is 0 Å². The Morgan fingerprint density at radius 1 is 1.46 bits per heavy atom. The Kier molecular flexibility index (Phi) is 5.13. The Morgan fingerprint density at radius 2 is 2.33 bits per heavy atom. The lowest BCUT2D eigenvalue weighted by Crippen LogP contribution is -2.48. The zero-order valence-corrected chi connectivity index (χ0v) is 13.9. The standard InChI is InChI=1S/C18H23FN4O/c1-14-11-20-23(12-14)9-7-18(24)21-16-5-3-8-22(13-16)17-6-2-4-15(19)10-17/h2,4,6,10-12,16H,3,5,7-9,13H2,1H3,(H,21,24)/t16-/m0/s1. The molecule has 5 nitrogen and oxygen atoms in total. The summed E-state index contributed by atoms with van der Waals surface area (Å²) in [5.41, 5.74) is 1.97. The lowest BCUT2D eigenvalue weighted by Gasteiger charge is -2.34. The van der Waals surface area contributed by atoms with Crippen LogP contribution in [-0.4, -0.2) is 34.8 Å². The van der Waals surface area contributed by atoms with Gasteiger partial charge in [0.1, 0.15) is 5.82 Å². The first-order valence-corrected chi connectivity index (χ1v) is 8.39. The second kappa shape index (κ2) is 7.47. The average Bonchev–Trinajstić information content (AvgIpc) is 2.99. The van der Waals surface area contributed by atoms with Crippen molar-refractivity contribution in [3.8, 4) is 0 Å². The summed E-state index contributed by atoms with van der Waals surface area (Å²) in [5.74, 6) is -0.192. The van der Waals surface area contributed by atoms with Crippen LogP contribution in [0.3, 0.4) is 0 Å². The van der Waals surface area contributed by atoms with Gasteiger partial charge < -0.3 is 10.2 Å².